The molecule has 33 heavy (non-hydrogen) atoms. The Morgan fingerprint density at radius 3 is 2.45 bits per heavy atom. The third-order valence-electron chi connectivity index (χ3n) is 5.77. The zero-order valence-electron chi connectivity index (χ0n) is 18.6. The van der Waals surface area contributed by atoms with Gasteiger partial charge in [0, 0.05) is 38.9 Å². The van der Waals surface area contributed by atoms with Gasteiger partial charge in [-0.2, -0.15) is 18.3 Å². The monoisotopic (exact) mass is 457 g/mol. The number of hydrogen-bond donors (Lipinski definition) is 0. The standard InChI is InChI=1S/C24H26F3N5O/c1-17(2)22-20(15-29-32(22)21-8-3-4-9-28-21)23(33)31-12-10-30(11-13-31)16-18-6-5-7-19(14-18)24(25,26)27/h3-9,14-15,17H,10-13,16H2,1-2H3. The molecule has 0 aliphatic carbocycles. The van der Waals surface area contributed by atoms with E-state index in [2.05, 4.69) is 15.0 Å². The number of hydrogen-bond acceptors (Lipinski definition) is 4. The smallest absolute Gasteiger partial charge is 0.336 e. The van der Waals surface area contributed by atoms with Gasteiger partial charge in [0.1, 0.15) is 0 Å². The van der Waals surface area contributed by atoms with E-state index in [0.29, 0.717) is 49.7 Å². The predicted molar refractivity (Wildman–Crippen MR) is 118 cm³/mol. The van der Waals surface area contributed by atoms with Crippen LogP contribution in [0.15, 0.2) is 54.9 Å². The Labute approximate surface area is 190 Å². The highest BCUT2D eigenvalue weighted by Gasteiger charge is 2.31. The zero-order chi connectivity index (χ0) is 23.6. The quantitative estimate of drug-likeness (QED) is 0.571. The second kappa shape index (κ2) is 9.35. The number of halogens is 3. The molecule has 2 aromatic heterocycles. The lowest BCUT2D eigenvalue weighted by Crippen LogP contribution is -2.48. The van der Waals surface area contributed by atoms with Crippen molar-refractivity contribution in [2.45, 2.75) is 32.5 Å². The average Bonchev–Trinajstić information content (AvgIpc) is 3.25. The fourth-order valence-corrected chi connectivity index (χ4v) is 4.12. The molecule has 0 N–H and O–H groups in total. The first kappa shape index (κ1) is 23.0. The van der Waals surface area contributed by atoms with Gasteiger partial charge < -0.3 is 4.90 Å². The van der Waals surface area contributed by atoms with Gasteiger partial charge in [-0.15, -0.1) is 0 Å². The number of aromatic nitrogens is 3. The lowest BCUT2D eigenvalue weighted by molar-refractivity contribution is -0.137. The lowest BCUT2D eigenvalue weighted by atomic mass is 10.0. The van der Waals surface area contributed by atoms with Crippen molar-refractivity contribution in [2.75, 3.05) is 26.2 Å². The fourth-order valence-electron chi connectivity index (χ4n) is 4.12. The SMILES string of the molecule is CC(C)c1c(C(=O)N2CCN(Cc3cccc(C(F)(F)F)c3)CC2)cnn1-c1ccccn1. The van der Waals surface area contributed by atoms with Crippen LogP contribution in [0.2, 0.25) is 0 Å². The summed E-state index contributed by atoms with van der Waals surface area (Å²) >= 11 is 0. The molecular weight excluding hydrogens is 431 g/mol. The lowest BCUT2D eigenvalue weighted by Gasteiger charge is -2.35. The Morgan fingerprint density at radius 2 is 1.82 bits per heavy atom. The summed E-state index contributed by atoms with van der Waals surface area (Å²) in [6, 6.07) is 11.0. The summed E-state index contributed by atoms with van der Waals surface area (Å²) in [4.78, 5) is 21.5. The Hall–Kier alpha value is -3.20. The van der Waals surface area contributed by atoms with Crippen molar-refractivity contribution < 1.29 is 18.0 Å². The topological polar surface area (TPSA) is 54.3 Å². The van der Waals surface area contributed by atoms with E-state index in [4.69, 9.17) is 0 Å². The number of benzene rings is 1. The second-order valence-electron chi connectivity index (χ2n) is 8.46. The van der Waals surface area contributed by atoms with Crippen LogP contribution < -0.4 is 0 Å². The van der Waals surface area contributed by atoms with Crippen molar-refractivity contribution in [3.8, 4) is 5.82 Å². The number of carbonyl (C=O) groups is 1. The number of amides is 1. The molecule has 0 unspecified atom stereocenters. The van der Waals surface area contributed by atoms with Gasteiger partial charge in [-0.25, -0.2) is 9.67 Å². The molecule has 0 radical (unpaired) electrons. The first-order valence-corrected chi connectivity index (χ1v) is 10.9. The van der Waals surface area contributed by atoms with E-state index in [1.165, 1.54) is 12.1 Å². The van der Waals surface area contributed by atoms with Crippen LogP contribution in [0.3, 0.4) is 0 Å². The number of pyridine rings is 1. The van der Waals surface area contributed by atoms with Crippen LogP contribution in [0.4, 0.5) is 13.2 Å². The summed E-state index contributed by atoms with van der Waals surface area (Å²) in [7, 11) is 0. The zero-order valence-corrected chi connectivity index (χ0v) is 18.6. The molecule has 1 aliphatic heterocycles. The Bertz CT molecular complexity index is 1100. The number of rotatable bonds is 5. The maximum Gasteiger partial charge on any atom is 0.416 e. The van der Waals surface area contributed by atoms with Gasteiger partial charge in [0.05, 0.1) is 23.0 Å². The van der Waals surface area contributed by atoms with Gasteiger partial charge >= 0.3 is 6.18 Å². The van der Waals surface area contributed by atoms with Crippen LogP contribution in [0.1, 0.15) is 46.9 Å². The Kier molecular flexibility index (Phi) is 6.51. The van der Waals surface area contributed by atoms with Crippen LogP contribution >= 0.6 is 0 Å². The molecule has 4 rings (SSSR count). The molecule has 174 valence electrons. The molecule has 6 nitrogen and oxygen atoms in total. The molecule has 1 saturated heterocycles. The number of alkyl halides is 3. The molecular formula is C24H26F3N5O. The highest BCUT2D eigenvalue weighted by molar-refractivity contribution is 5.95. The summed E-state index contributed by atoms with van der Waals surface area (Å²) in [6.07, 6.45) is -1.07. The maximum atomic E-state index is 13.3. The molecule has 3 aromatic rings. The van der Waals surface area contributed by atoms with E-state index in [0.717, 1.165) is 11.8 Å². The minimum absolute atomic E-state index is 0.0654. The summed E-state index contributed by atoms with van der Waals surface area (Å²) in [5, 5.41) is 4.43. The molecule has 0 saturated carbocycles. The average molecular weight is 458 g/mol. The first-order chi connectivity index (χ1) is 15.7. The van der Waals surface area contributed by atoms with Crippen molar-refractivity contribution in [2.24, 2.45) is 0 Å². The second-order valence-corrected chi connectivity index (χ2v) is 8.46. The summed E-state index contributed by atoms with van der Waals surface area (Å²) in [5.74, 6) is 0.640. The largest absolute Gasteiger partial charge is 0.416 e. The third kappa shape index (κ3) is 5.08. The van der Waals surface area contributed by atoms with Crippen molar-refractivity contribution in [1.82, 2.24) is 24.6 Å². The maximum absolute atomic E-state index is 13.3. The van der Waals surface area contributed by atoms with Crippen molar-refractivity contribution in [1.29, 1.82) is 0 Å². The minimum Gasteiger partial charge on any atom is -0.336 e. The van der Waals surface area contributed by atoms with E-state index >= 15 is 0 Å². The van der Waals surface area contributed by atoms with E-state index in [9.17, 15) is 18.0 Å². The van der Waals surface area contributed by atoms with Gasteiger partial charge in [-0.3, -0.25) is 9.69 Å². The van der Waals surface area contributed by atoms with E-state index in [1.807, 2.05) is 32.0 Å². The van der Waals surface area contributed by atoms with Crippen molar-refractivity contribution in [3.05, 3.63) is 77.2 Å². The summed E-state index contributed by atoms with van der Waals surface area (Å²) in [5.41, 5.74) is 1.34. The number of carbonyl (C=O) groups excluding carboxylic acids is 1. The van der Waals surface area contributed by atoms with Crippen molar-refractivity contribution in [3.63, 3.8) is 0 Å². The predicted octanol–water partition coefficient (Wildman–Crippen LogP) is 4.37. The molecule has 0 atom stereocenters. The van der Waals surface area contributed by atoms with Crippen LogP contribution in [-0.2, 0) is 12.7 Å². The van der Waals surface area contributed by atoms with Crippen molar-refractivity contribution >= 4 is 5.91 Å². The van der Waals surface area contributed by atoms with Gasteiger partial charge in [0.2, 0.25) is 0 Å². The van der Waals surface area contributed by atoms with E-state index in [1.54, 1.807) is 28.0 Å². The van der Waals surface area contributed by atoms with Crippen LogP contribution in [-0.4, -0.2) is 56.7 Å². The molecule has 0 bridgehead atoms. The summed E-state index contributed by atoms with van der Waals surface area (Å²) in [6.45, 7) is 6.64. The molecule has 1 aromatic carbocycles. The van der Waals surface area contributed by atoms with Gasteiger partial charge in [0.15, 0.2) is 5.82 Å². The van der Waals surface area contributed by atoms with Crippen LogP contribution in [0.25, 0.3) is 5.82 Å². The van der Waals surface area contributed by atoms with Gasteiger partial charge in [-0.1, -0.05) is 38.1 Å². The summed E-state index contributed by atoms with van der Waals surface area (Å²) < 4.78 is 40.6. The number of nitrogens with zero attached hydrogens (tertiary/aromatic N) is 5. The molecule has 9 heteroatoms. The van der Waals surface area contributed by atoms with Gasteiger partial charge in [-0.05, 0) is 29.7 Å². The molecule has 0 spiro atoms. The van der Waals surface area contributed by atoms with E-state index < -0.39 is 11.7 Å². The molecule has 3 heterocycles. The van der Waals surface area contributed by atoms with E-state index in [-0.39, 0.29) is 11.8 Å². The Morgan fingerprint density at radius 1 is 1.06 bits per heavy atom. The highest BCUT2D eigenvalue weighted by atomic mass is 19.4. The third-order valence-corrected chi connectivity index (χ3v) is 5.77. The molecule has 1 fully saturated rings. The Balaban J connectivity index is 1.44. The normalized spacial score (nSPS) is 15.3. The van der Waals surface area contributed by atoms with Crippen LogP contribution in [0.5, 0.6) is 0 Å². The minimum atomic E-state index is -4.35. The van der Waals surface area contributed by atoms with Gasteiger partial charge in [0.25, 0.3) is 5.91 Å². The van der Waals surface area contributed by atoms with Crippen LogP contribution in [0, 0.1) is 0 Å². The first-order valence-electron chi connectivity index (χ1n) is 10.9. The fraction of sp³-hybridized carbons (Fsp3) is 0.375. The number of piperazine rings is 1. The molecule has 1 amide bonds. The highest BCUT2D eigenvalue weighted by Crippen LogP contribution is 2.30. The molecule has 1 aliphatic rings.